The number of halogens is 4. The van der Waals surface area contributed by atoms with Crippen molar-refractivity contribution in [3.63, 3.8) is 0 Å². The maximum absolute atomic E-state index is 12.6. The number of nitrogens with zero attached hydrogens (tertiary/aromatic N) is 1. The van der Waals surface area contributed by atoms with E-state index in [9.17, 15) is 21.6 Å². The van der Waals surface area contributed by atoms with Crippen LogP contribution in [0.25, 0.3) is 0 Å². The molecule has 0 saturated heterocycles. The van der Waals surface area contributed by atoms with Gasteiger partial charge in [-0.15, -0.1) is 0 Å². The summed E-state index contributed by atoms with van der Waals surface area (Å²) in [6.45, 7) is 3.65. The zero-order valence-electron chi connectivity index (χ0n) is 12.9. The lowest BCUT2D eigenvalue weighted by atomic mass is 10.1. The minimum atomic E-state index is -5.56. The summed E-state index contributed by atoms with van der Waals surface area (Å²) in [4.78, 5) is 5.03. The van der Waals surface area contributed by atoms with Gasteiger partial charge in [0.25, 0.3) is 0 Å². The summed E-state index contributed by atoms with van der Waals surface area (Å²) in [6.07, 6.45) is 3.71. The van der Waals surface area contributed by atoms with Gasteiger partial charge in [0.15, 0.2) is 0 Å². The summed E-state index contributed by atoms with van der Waals surface area (Å²) >= 11 is 5.86. The highest BCUT2D eigenvalue weighted by atomic mass is 35.5. The van der Waals surface area contributed by atoms with Gasteiger partial charge in [0, 0.05) is 10.6 Å². The van der Waals surface area contributed by atoms with Gasteiger partial charge in [0.1, 0.15) is 6.61 Å². The molecule has 1 aromatic rings. The van der Waals surface area contributed by atoms with E-state index in [1.165, 1.54) is 16.9 Å². The van der Waals surface area contributed by atoms with Crippen molar-refractivity contribution in [2.75, 3.05) is 11.3 Å². The quantitative estimate of drug-likeness (QED) is 0.329. The molecule has 0 aliphatic carbocycles. The molecule has 1 rings (SSSR count). The molecule has 0 fully saturated rings. The molecule has 10 heteroatoms. The molecule has 0 radical (unpaired) electrons. The molecule has 1 N–H and O–H groups in total. The van der Waals surface area contributed by atoms with Crippen molar-refractivity contribution in [2.45, 2.75) is 25.8 Å². The minimum Gasteiger partial charge on any atom is -0.391 e. The van der Waals surface area contributed by atoms with Gasteiger partial charge in [-0.1, -0.05) is 29.8 Å². The molecule has 0 saturated carbocycles. The first-order chi connectivity index (χ1) is 11.1. The molecule has 0 aliphatic heterocycles. The highest BCUT2D eigenvalue weighted by Crippen LogP contribution is 2.29. The number of allylic oxidation sites excluding steroid dienone is 1. The van der Waals surface area contributed by atoms with Crippen LogP contribution in [0.4, 0.5) is 18.9 Å². The Kier molecular flexibility index (Phi) is 7.09. The Bertz CT molecular complexity index is 731. The number of nitrogens with one attached hydrogen (secondary N) is 1. The average Bonchev–Trinajstić information content (AvgIpc) is 2.48. The number of hydrogen-bond donors (Lipinski definition) is 1. The Morgan fingerprint density at radius 3 is 2.62 bits per heavy atom. The molecule has 0 amide bonds. The van der Waals surface area contributed by atoms with Gasteiger partial charge < -0.3 is 4.84 Å². The smallest absolute Gasteiger partial charge is 0.391 e. The lowest BCUT2D eigenvalue weighted by Crippen LogP contribution is -2.30. The highest BCUT2D eigenvalue weighted by Gasteiger charge is 2.46. The monoisotopic (exact) mass is 384 g/mol. The Labute approximate surface area is 143 Å². The van der Waals surface area contributed by atoms with E-state index in [0.717, 1.165) is 6.07 Å². The number of hydrogen-bond acceptors (Lipinski definition) is 4. The van der Waals surface area contributed by atoms with E-state index >= 15 is 0 Å². The number of sulfonamides is 1. The molecule has 0 bridgehead atoms. The molecular formula is C14H16ClF3N2O3S. The first kappa shape index (κ1) is 20.3. The molecule has 0 aromatic heterocycles. The first-order valence-electron chi connectivity index (χ1n) is 6.81. The number of rotatable bonds is 7. The normalized spacial score (nSPS) is 13.3. The Morgan fingerprint density at radius 2 is 2.08 bits per heavy atom. The van der Waals surface area contributed by atoms with E-state index in [2.05, 4.69) is 5.16 Å². The third-order valence-corrected chi connectivity index (χ3v) is 4.09. The van der Waals surface area contributed by atoms with Crippen molar-refractivity contribution < 1.29 is 26.4 Å². The van der Waals surface area contributed by atoms with Crippen molar-refractivity contribution >= 4 is 33.0 Å². The van der Waals surface area contributed by atoms with Gasteiger partial charge in [-0.3, -0.25) is 4.72 Å². The lowest BCUT2D eigenvalue weighted by Gasteiger charge is -2.15. The predicted molar refractivity (Wildman–Crippen MR) is 87.6 cm³/mol. The maximum atomic E-state index is 12.6. The Hall–Kier alpha value is -1.74. The average molecular weight is 385 g/mol. The van der Waals surface area contributed by atoms with Crippen LogP contribution in [0.2, 0.25) is 5.02 Å². The van der Waals surface area contributed by atoms with Crippen molar-refractivity contribution in [1.29, 1.82) is 0 Å². The van der Waals surface area contributed by atoms with E-state index in [0.29, 0.717) is 0 Å². The number of oxime groups is 1. The summed E-state index contributed by atoms with van der Waals surface area (Å²) in [7, 11) is -5.56. The van der Waals surface area contributed by atoms with Crippen LogP contribution < -0.4 is 4.72 Å². The van der Waals surface area contributed by atoms with Gasteiger partial charge >= 0.3 is 15.5 Å². The molecule has 0 aliphatic rings. The SMILES string of the molecule is CC=CCON=C(CC)c1cc(Cl)ccc1NS(=O)(=O)C(F)(F)F. The van der Waals surface area contributed by atoms with Crippen LogP contribution in [0.5, 0.6) is 0 Å². The van der Waals surface area contributed by atoms with Crippen molar-refractivity contribution in [2.24, 2.45) is 5.16 Å². The number of alkyl halides is 3. The minimum absolute atomic E-state index is 0.110. The van der Waals surface area contributed by atoms with Crippen molar-refractivity contribution in [1.82, 2.24) is 0 Å². The summed E-state index contributed by atoms with van der Waals surface area (Å²) in [5.41, 5.74) is -5.36. The molecule has 5 nitrogen and oxygen atoms in total. The van der Waals surface area contributed by atoms with Crippen LogP contribution >= 0.6 is 11.6 Å². The fourth-order valence-corrected chi connectivity index (χ4v) is 2.36. The fourth-order valence-electron chi connectivity index (χ4n) is 1.61. The van der Waals surface area contributed by atoms with E-state index in [4.69, 9.17) is 16.4 Å². The van der Waals surface area contributed by atoms with E-state index in [1.807, 2.05) is 0 Å². The molecule has 24 heavy (non-hydrogen) atoms. The zero-order chi connectivity index (χ0) is 18.4. The standard InChI is InChI=1S/C14H16ClF3N2O3S/c1-3-5-8-23-19-12(4-2)11-9-10(15)6-7-13(11)20-24(21,22)14(16,17)18/h3,5-7,9,20H,4,8H2,1-2H3. The van der Waals surface area contributed by atoms with Crippen LogP contribution in [0.15, 0.2) is 35.5 Å². The molecule has 0 atom stereocenters. The molecule has 0 unspecified atom stereocenters. The van der Waals surface area contributed by atoms with Crippen LogP contribution in [0.3, 0.4) is 0 Å². The van der Waals surface area contributed by atoms with Gasteiger partial charge in [-0.2, -0.15) is 21.6 Å². The predicted octanol–water partition coefficient (Wildman–Crippen LogP) is 4.31. The zero-order valence-corrected chi connectivity index (χ0v) is 14.5. The third kappa shape index (κ3) is 5.41. The van der Waals surface area contributed by atoms with Crippen LogP contribution in [0.1, 0.15) is 25.8 Å². The lowest BCUT2D eigenvalue weighted by molar-refractivity contribution is -0.0429. The van der Waals surface area contributed by atoms with Gasteiger partial charge in [-0.05, 0) is 37.6 Å². The van der Waals surface area contributed by atoms with E-state index in [1.54, 1.807) is 26.0 Å². The largest absolute Gasteiger partial charge is 0.516 e. The van der Waals surface area contributed by atoms with Crippen molar-refractivity contribution in [3.05, 3.63) is 40.9 Å². The second-order valence-electron chi connectivity index (χ2n) is 4.50. The molecular weight excluding hydrogens is 369 g/mol. The number of anilines is 1. The van der Waals surface area contributed by atoms with Crippen LogP contribution in [0, 0.1) is 0 Å². The first-order valence-corrected chi connectivity index (χ1v) is 8.67. The summed E-state index contributed by atoms with van der Waals surface area (Å²) in [6, 6.07) is 3.72. The number of benzene rings is 1. The molecule has 134 valence electrons. The third-order valence-electron chi connectivity index (χ3n) is 2.76. The fraction of sp³-hybridized carbons (Fsp3) is 0.357. The maximum Gasteiger partial charge on any atom is 0.516 e. The second-order valence-corrected chi connectivity index (χ2v) is 6.61. The van der Waals surface area contributed by atoms with Gasteiger partial charge in [0.2, 0.25) is 0 Å². The topological polar surface area (TPSA) is 67.8 Å². The van der Waals surface area contributed by atoms with Gasteiger partial charge in [-0.25, -0.2) is 0 Å². The van der Waals surface area contributed by atoms with Crippen molar-refractivity contribution in [3.8, 4) is 0 Å². The molecule has 0 spiro atoms. The Balaban J connectivity index is 3.25. The Morgan fingerprint density at radius 1 is 1.42 bits per heavy atom. The molecule has 0 heterocycles. The molecule has 1 aromatic carbocycles. The summed E-state index contributed by atoms with van der Waals surface area (Å²) in [5.74, 6) is 0. The highest BCUT2D eigenvalue weighted by molar-refractivity contribution is 7.93. The van der Waals surface area contributed by atoms with E-state index < -0.39 is 15.5 Å². The second kappa shape index (κ2) is 8.39. The van der Waals surface area contributed by atoms with E-state index in [-0.39, 0.29) is 35.0 Å². The van der Waals surface area contributed by atoms with Crippen LogP contribution in [-0.4, -0.2) is 26.2 Å². The van der Waals surface area contributed by atoms with Crippen LogP contribution in [-0.2, 0) is 14.9 Å². The summed E-state index contributed by atoms with van der Waals surface area (Å²) in [5, 5.41) is 4.05. The van der Waals surface area contributed by atoms with Gasteiger partial charge in [0.05, 0.1) is 11.4 Å². The summed E-state index contributed by atoms with van der Waals surface area (Å²) < 4.78 is 61.8.